The highest BCUT2D eigenvalue weighted by molar-refractivity contribution is 5.91. The molecule has 0 aliphatic carbocycles. The molecule has 104 valence electrons. The summed E-state index contributed by atoms with van der Waals surface area (Å²) in [6.07, 6.45) is 3.21. The smallest absolute Gasteiger partial charge is 0.246 e. The zero-order valence-corrected chi connectivity index (χ0v) is 11.5. The molecule has 20 heavy (non-hydrogen) atoms. The zero-order chi connectivity index (χ0) is 14.5. The molecule has 1 aromatic rings. The number of ether oxygens (including phenoxy) is 2. The minimum absolute atomic E-state index is 0.134. The Morgan fingerprint density at radius 2 is 2.25 bits per heavy atom. The van der Waals surface area contributed by atoms with Crippen molar-refractivity contribution in [2.45, 2.75) is 6.92 Å². The molecule has 0 saturated carbocycles. The van der Waals surface area contributed by atoms with Crippen LogP contribution in [0.25, 0.3) is 6.08 Å². The molecule has 5 heteroatoms. The van der Waals surface area contributed by atoms with Crippen molar-refractivity contribution < 1.29 is 14.3 Å². The Balaban J connectivity index is 1.99. The lowest BCUT2D eigenvalue weighted by Gasteiger charge is -2.15. The summed E-state index contributed by atoms with van der Waals surface area (Å²) in [6, 6.07) is 7.60. The number of amides is 1. The van der Waals surface area contributed by atoms with E-state index in [1.165, 1.54) is 11.0 Å². The van der Waals surface area contributed by atoms with Gasteiger partial charge in [0.2, 0.25) is 12.7 Å². The standard InChI is InChI=1S/C15H16N2O3/c1-11(8-16)9-17(2)15(18)6-4-12-3-5-13-14(7-12)20-10-19-13/h3-7,11H,9-10H2,1-2H3/b6-4+/t11-/m1/s1. The molecule has 0 spiro atoms. The van der Waals surface area contributed by atoms with E-state index in [4.69, 9.17) is 14.7 Å². The molecule has 1 atom stereocenters. The summed E-state index contributed by atoms with van der Waals surface area (Å²) < 4.78 is 10.5. The van der Waals surface area contributed by atoms with Crippen molar-refractivity contribution in [2.24, 2.45) is 5.92 Å². The Labute approximate surface area is 118 Å². The second-order valence-electron chi connectivity index (χ2n) is 4.69. The van der Waals surface area contributed by atoms with E-state index in [0.29, 0.717) is 18.0 Å². The number of nitrogens with zero attached hydrogens (tertiary/aromatic N) is 2. The number of carbonyl (C=O) groups excluding carboxylic acids is 1. The number of rotatable bonds is 4. The summed E-state index contributed by atoms with van der Waals surface area (Å²) in [4.78, 5) is 13.4. The molecule has 0 radical (unpaired) electrons. The van der Waals surface area contributed by atoms with Crippen molar-refractivity contribution in [3.05, 3.63) is 29.8 Å². The molecule has 0 saturated heterocycles. The van der Waals surface area contributed by atoms with Gasteiger partial charge in [0.15, 0.2) is 11.5 Å². The third kappa shape index (κ3) is 3.29. The quantitative estimate of drug-likeness (QED) is 0.787. The van der Waals surface area contributed by atoms with Crippen molar-refractivity contribution in [1.82, 2.24) is 4.90 Å². The highest BCUT2D eigenvalue weighted by Gasteiger charge is 2.13. The largest absolute Gasteiger partial charge is 0.454 e. The Bertz CT molecular complexity index is 575. The van der Waals surface area contributed by atoms with E-state index < -0.39 is 0 Å². The average Bonchev–Trinajstić information content (AvgIpc) is 2.91. The SMILES string of the molecule is C[C@H](C#N)CN(C)C(=O)/C=C/c1ccc2c(c1)OCO2. The molecule has 1 aromatic carbocycles. The van der Waals surface area contributed by atoms with Crippen LogP contribution in [0.3, 0.4) is 0 Å². The number of hydrogen-bond donors (Lipinski definition) is 0. The molecule has 1 aliphatic rings. The van der Waals surface area contributed by atoms with Gasteiger partial charge in [0.1, 0.15) is 0 Å². The second-order valence-corrected chi connectivity index (χ2v) is 4.69. The molecule has 1 heterocycles. The van der Waals surface area contributed by atoms with E-state index in [1.807, 2.05) is 18.2 Å². The van der Waals surface area contributed by atoms with Gasteiger partial charge in [-0.2, -0.15) is 5.26 Å². The van der Waals surface area contributed by atoms with Gasteiger partial charge in [-0.1, -0.05) is 6.07 Å². The van der Waals surface area contributed by atoms with Crippen LogP contribution in [0.5, 0.6) is 11.5 Å². The van der Waals surface area contributed by atoms with Gasteiger partial charge in [0.25, 0.3) is 0 Å². The summed E-state index contributed by atoms with van der Waals surface area (Å²) in [5, 5.41) is 8.73. The fourth-order valence-corrected chi connectivity index (χ4v) is 1.85. The summed E-state index contributed by atoms with van der Waals surface area (Å²) >= 11 is 0. The third-order valence-electron chi connectivity index (χ3n) is 2.96. The number of likely N-dealkylation sites (N-methyl/N-ethyl adjacent to an activating group) is 1. The first-order valence-corrected chi connectivity index (χ1v) is 6.32. The van der Waals surface area contributed by atoms with E-state index in [9.17, 15) is 4.79 Å². The van der Waals surface area contributed by atoms with E-state index in [1.54, 1.807) is 20.0 Å². The maximum atomic E-state index is 11.9. The van der Waals surface area contributed by atoms with Gasteiger partial charge in [0, 0.05) is 19.7 Å². The van der Waals surface area contributed by atoms with E-state index in [-0.39, 0.29) is 18.6 Å². The maximum Gasteiger partial charge on any atom is 0.246 e. The van der Waals surface area contributed by atoms with Crippen LogP contribution in [-0.2, 0) is 4.79 Å². The van der Waals surface area contributed by atoms with Gasteiger partial charge in [-0.25, -0.2) is 0 Å². The number of carbonyl (C=O) groups is 1. The van der Waals surface area contributed by atoms with Gasteiger partial charge < -0.3 is 14.4 Å². The lowest BCUT2D eigenvalue weighted by Crippen LogP contribution is -2.29. The monoisotopic (exact) mass is 272 g/mol. The van der Waals surface area contributed by atoms with Crippen molar-refractivity contribution in [1.29, 1.82) is 5.26 Å². The first-order chi connectivity index (χ1) is 9.60. The molecule has 0 aromatic heterocycles. The lowest BCUT2D eigenvalue weighted by atomic mass is 10.1. The van der Waals surface area contributed by atoms with Crippen molar-refractivity contribution in [3.8, 4) is 17.6 Å². The molecule has 0 bridgehead atoms. The van der Waals surface area contributed by atoms with Gasteiger partial charge >= 0.3 is 0 Å². The Morgan fingerprint density at radius 1 is 1.50 bits per heavy atom. The zero-order valence-electron chi connectivity index (χ0n) is 11.5. The number of hydrogen-bond acceptors (Lipinski definition) is 4. The van der Waals surface area contributed by atoms with Crippen LogP contribution in [0.4, 0.5) is 0 Å². The van der Waals surface area contributed by atoms with Crippen molar-refractivity contribution in [2.75, 3.05) is 20.4 Å². The Kier molecular flexibility index (Phi) is 4.26. The van der Waals surface area contributed by atoms with Crippen molar-refractivity contribution in [3.63, 3.8) is 0 Å². The van der Waals surface area contributed by atoms with E-state index in [2.05, 4.69) is 6.07 Å². The molecule has 0 N–H and O–H groups in total. The molecule has 5 nitrogen and oxygen atoms in total. The molecule has 1 aliphatic heterocycles. The molecule has 1 amide bonds. The van der Waals surface area contributed by atoms with Crippen LogP contribution in [0.2, 0.25) is 0 Å². The summed E-state index contributed by atoms with van der Waals surface area (Å²) in [6.45, 7) is 2.43. The Hall–Kier alpha value is -2.48. The molecular weight excluding hydrogens is 256 g/mol. The van der Waals surface area contributed by atoms with Gasteiger partial charge in [-0.3, -0.25) is 4.79 Å². The van der Waals surface area contributed by atoms with Gasteiger partial charge in [-0.15, -0.1) is 0 Å². The van der Waals surface area contributed by atoms with Crippen LogP contribution in [0.15, 0.2) is 24.3 Å². The molecule has 0 unspecified atom stereocenters. The van der Waals surface area contributed by atoms with Crippen LogP contribution >= 0.6 is 0 Å². The minimum Gasteiger partial charge on any atom is -0.454 e. The van der Waals surface area contributed by atoms with Crippen molar-refractivity contribution >= 4 is 12.0 Å². The Morgan fingerprint density at radius 3 is 3.00 bits per heavy atom. The lowest BCUT2D eigenvalue weighted by molar-refractivity contribution is -0.125. The second kappa shape index (κ2) is 6.11. The van der Waals surface area contributed by atoms with Crippen LogP contribution in [0.1, 0.15) is 12.5 Å². The third-order valence-corrected chi connectivity index (χ3v) is 2.96. The van der Waals surface area contributed by atoms with E-state index in [0.717, 1.165) is 5.56 Å². The predicted octanol–water partition coefficient (Wildman–Crippen LogP) is 2.05. The first kappa shape index (κ1) is 13.9. The summed E-state index contributed by atoms with van der Waals surface area (Å²) in [5.41, 5.74) is 0.865. The van der Waals surface area contributed by atoms with Crippen LogP contribution < -0.4 is 9.47 Å². The number of nitriles is 1. The molecule has 2 rings (SSSR count). The topological polar surface area (TPSA) is 62.6 Å². The number of fused-ring (bicyclic) bond motifs is 1. The average molecular weight is 272 g/mol. The summed E-state index contributed by atoms with van der Waals surface area (Å²) in [5.74, 6) is 1.09. The van der Waals surface area contributed by atoms with Crippen LogP contribution in [-0.4, -0.2) is 31.2 Å². The molecular formula is C15H16N2O3. The highest BCUT2D eigenvalue weighted by atomic mass is 16.7. The van der Waals surface area contributed by atoms with Gasteiger partial charge in [0.05, 0.1) is 12.0 Å². The fourth-order valence-electron chi connectivity index (χ4n) is 1.85. The van der Waals surface area contributed by atoms with Crippen LogP contribution in [0, 0.1) is 17.2 Å². The van der Waals surface area contributed by atoms with E-state index >= 15 is 0 Å². The number of benzene rings is 1. The maximum absolute atomic E-state index is 11.9. The predicted molar refractivity (Wildman–Crippen MR) is 74.0 cm³/mol. The fraction of sp³-hybridized carbons (Fsp3) is 0.333. The minimum atomic E-state index is -0.178. The first-order valence-electron chi connectivity index (χ1n) is 6.32. The highest BCUT2D eigenvalue weighted by Crippen LogP contribution is 2.32. The normalized spacial score (nSPS) is 14.1. The van der Waals surface area contributed by atoms with Gasteiger partial charge in [-0.05, 0) is 30.7 Å². The summed E-state index contributed by atoms with van der Waals surface area (Å²) in [7, 11) is 1.68. The molecule has 0 fully saturated rings.